The highest BCUT2D eigenvalue weighted by atomic mass is 79.9. The van der Waals surface area contributed by atoms with E-state index in [4.69, 9.17) is 27.9 Å². The minimum Gasteiger partial charge on any atom is -0.496 e. The maximum Gasteiger partial charge on any atom is 0.133 e. The summed E-state index contributed by atoms with van der Waals surface area (Å²) in [5.74, 6) is 0.810. The SMILES string of the molecule is COc1ccc(CNc2cc(Cl)ccc2Cl)cc1Br. The van der Waals surface area contributed by atoms with Crippen molar-refractivity contribution in [2.45, 2.75) is 6.54 Å². The quantitative estimate of drug-likeness (QED) is 0.790. The molecule has 0 aliphatic rings. The summed E-state index contributed by atoms with van der Waals surface area (Å²) in [6.07, 6.45) is 0. The number of nitrogens with one attached hydrogen (secondary N) is 1. The summed E-state index contributed by atoms with van der Waals surface area (Å²) in [7, 11) is 1.64. The van der Waals surface area contributed by atoms with Crippen LogP contribution in [-0.2, 0) is 6.54 Å². The molecular formula is C14H12BrCl2NO. The second-order valence-corrected chi connectivity index (χ2v) is 5.64. The Hall–Kier alpha value is -0.900. The van der Waals surface area contributed by atoms with E-state index in [1.54, 1.807) is 19.2 Å². The average Bonchev–Trinajstić information content (AvgIpc) is 2.40. The van der Waals surface area contributed by atoms with Crippen molar-refractivity contribution in [3.05, 3.63) is 56.5 Å². The first-order valence-electron chi connectivity index (χ1n) is 5.61. The number of anilines is 1. The molecule has 1 N–H and O–H groups in total. The highest BCUT2D eigenvalue weighted by Gasteiger charge is 2.04. The first-order chi connectivity index (χ1) is 9.10. The van der Waals surface area contributed by atoms with Crippen LogP contribution in [0, 0.1) is 0 Å². The Morgan fingerprint density at radius 2 is 1.95 bits per heavy atom. The van der Waals surface area contributed by atoms with Gasteiger partial charge < -0.3 is 10.1 Å². The van der Waals surface area contributed by atoms with Gasteiger partial charge >= 0.3 is 0 Å². The largest absolute Gasteiger partial charge is 0.496 e. The number of hydrogen-bond donors (Lipinski definition) is 1. The van der Waals surface area contributed by atoms with Crippen LogP contribution in [-0.4, -0.2) is 7.11 Å². The van der Waals surface area contributed by atoms with Crippen LogP contribution in [0.4, 0.5) is 5.69 Å². The lowest BCUT2D eigenvalue weighted by atomic mass is 10.2. The summed E-state index contributed by atoms with van der Waals surface area (Å²) >= 11 is 15.5. The molecule has 19 heavy (non-hydrogen) atoms. The molecule has 0 spiro atoms. The number of halogens is 3. The first kappa shape index (κ1) is 14.5. The van der Waals surface area contributed by atoms with Gasteiger partial charge in [0.05, 0.1) is 22.3 Å². The summed E-state index contributed by atoms with van der Waals surface area (Å²) in [5, 5.41) is 4.56. The van der Waals surface area contributed by atoms with Crippen LogP contribution >= 0.6 is 39.1 Å². The normalized spacial score (nSPS) is 10.3. The molecular weight excluding hydrogens is 349 g/mol. The Morgan fingerprint density at radius 3 is 2.63 bits per heavy atom. The Balaban J connectivity index is 2.10. The molecule has 0 unspecified atom stereocenters. The van der Waals surface area contributed by atoms with E-state index in [2.05, 4.69) is 21.2 Å². The van der Waals surface area contributed by atoms with Crippen molar-refractivity contribution < 1.29 is 4.74 Å². The molecule has 0 amide bonds. The van der Waals surface area contributed by atoms with E-state index in [9.17, 15) is 0 Å². The Kier molecular flexibility index (Phi) is 4.97. The van der Waals surface area contributed by atoms with Crippen molar-refractivity contribution in [1.82, 2.24) is 0 Å². The molecule has 5 heteroatoms. The second kappa shape index (κ2) is 6.51. The van der Waals surface area contributed by atoms with Crippen molar-refractivity contribution in [3.8, 4) is 5.75 Å². The molecule has 2 rings (SSSR count). The minimum atomic E-state index is 0.650. The smallest absolute Gasteiger partial charge is 0.133 e. The lowest BCUT2D eigenvalue weighted by Crippen LogP contribution is -2.00. The maximum atomic E-state index is 6.09. The van der Waals surface area contributed by atoms with Crippen molar-refractivity contribution in [3.63, 3.8) is 0 Å². The van der Waals surface area contributed by atoms with Crippen molar-refractivity contribution in [2.75, 3.05) is 12.4 Å². The number of rotatable bonds is 4. The molecule has 2 aromatic carbocycles. The third-order valence-electron chi connectivity index (χ3n) is 2.63. The minimum absolute atomic E-state index is 0.650. The molecule has 0 aromatic heterocycles. The molecule has 0 saturated heterocycles. The summed E-state index contributed by atoms with van der Waals surface area (Å²) in [4.78, 5) is 0. The lowest BCUT2D eigenvalue weighted by Gasteiger charge is -2.10. The summed E-state index contributed by atoms with van der Waals surface area (Å²) in [5.41, 5.74) is 1.94. The Bertz CT molecular complexity index is 590. The molecule has 100 valence electrons. The first-order valence-corrected chi connectivity index (χ1v) is 7.16. The highest BCUT2D eigenvalue weighted by Crippen LogP contribution is 2.28. The van der Waals surface area contributed by atoms with Crippen LogP contribution in [0.2, 0.25) is 10.0 Å². The van der Waals surface area contributed by atoms with E-state index >= 15 is 0 Å². The molecule has 0 aliphatic carbocycles. The van der Waals surface area contributed by atoms with Crippen LogP contribution in [0.1, 0.15) is 5.56 Å². The van der Waals surface area contributed by atoms with Gasteiger partial charge in [-0.15, -0.1) is 0 Å². The van der Waals surface area contributed by atoms with Gasteiger partial charge in [-0.05, 0) is 51.8 Å². The highest BCUT2D eigenvalue weighted by molar-refractivity contribution is 9.10. The van der Waals surface area contributed by atoms with Gasteiger partial charge in [0.1, 0.15) is 5.75 Å². The van der Waals surface area contributed by atoms with Gasteiger partial charge in [-0.1, -0.05) is 29.3 Å². The lowest BCUT2D eigenvalue weighted by molar-refractivity contribution is 0.412. The average molecular weight is 361 g/mol. The van der Waals surface area contributed by atoms with E-state index < -0.39 is 0 Å². The molecule has 0 heterocycles. The molecule has 0 atom stereocenters. The molecule has 0 aliphatic heterocycles. The van der Waals surface area contributed by atoms with Crippen molar-refractivity contribution in [1.29, 1.82) is 0 Å². The van der Waals surface area contributed by atoms with Crippen molar-refractivity contribution in [2.24, 2.45) is 0 Å². The van der Waals surface area contributed by atoms with Gasteiger partial charge in [0, 0.05) is 11.6 Å². The van der Waals surface area contributed by atoms with Gasteiger partial charge in [0.2, 0.25) is 0 Å². The summed E-state index contributed by atoms with van der Waals surface area (Å²) in [6.45, 7) is 0.655. The zero-order valence-corrected chi connectivity index (χ0v) is 13.3. The molecule has 0 radical (unpaired) electrons. The van der Waals surface area contributed by atoms with Crippen LogP contribution in [0.3, 0.4) is 0 Å². The maximum absolute atomic E-state index is 6.09. The topological polar surface area (TPSA) is 21.3 Å². The third-order valence-corrected chi connectivity index (χ3v) is 3.81. The monoisotopic (exact) mass is 359 g/mol. The Labute approximate surface area is 130 Å². The number of benzene rings is 2. The van der Waals surface area contributed by atoms with E-state index in [-0.39, 0.29) is 0 Å². The van der Waals surface area contributed by atoms with Gasteiger partial charge in [0.15, 0.2) is 0 Å². The molecule has 0 fully saturated rings. The van der Waals surface area contributed by atoms with Crippen LogP contribution in [0.25, 0.3) is 0 Å². The zero-order valence-electron chi connectivity index (χ0n) is 10.2. The van der Waals surface area contributed by atoms with Crippen molar-refractivity contribution >= 4 is 44.8 Å². The number of methoxy groups -OCH3 is 1. The van der Waals surface area contributed by atoms with E-state index in [0.717, 1.165) is 21.5 Å². The van der Waals surface area contributed by atoms with Gasteiger partial charge in [-0.3, -0.25) is 0 Å². The number of hydrogen-bond acceptors (Lipinski definition) is 2. The summed E-state index contributed by atoms with van der Waals surface area (Å²) < 4.78 is 6.11. The van der Waals surface area contributed by atoms with E-state index in [1.807, 2.05) is 24.3 Å². The second-order valence-electron chi connectivity index (χ2n) is 3.95. The van der Waals surface area contributed by atoms with Gasteiger partial charge in [-0.25, -0.2) is 0 Å². The third kappa shape index (κ3) is 3.78. The summed E-state index contributed by atoms with van der Waals surface area (Å²) in [6, 6.07) is 11.3. The predicted octanol–water partition coefficient (Wildman–Crippen LogP) is 5.38. The fraction of sp³-hybridized carbons (Fsp3) is 0.143. The molecule has 2 nitrogen and oxygen atoms in total. The molecule has 0 saturated carbocycles. The molecule has 2 aromatic rings. The van der Waals surface area contributed by atoms with Crippen LogP contribution in [0.15, 0.2) is 40.9 Å². The van der Waals surface area contributed by atoms with E-state index in [1.165, 1.54) is 0 Å². The fourth-order valence-electron chi connectivity index (χ4n) is 1.65. The zero-order chi connectivity index (χ0) is 13.8. The van der Waals surface area contributed by atoms with Crippen LogP contribution < -0.4 is 10.1 Å². The fourth-order valence-corrected chi connectivity index (χ4v) is 2.59. The van der Waals surface area contributed by atoms with Gasteiger partial charge in [-0.2, -0.15) is 0 Å². The predicted molar refractivity (Wildman–Crippen MR) is 84.5 cm³/mol. The van der Waals surface area contributed by atoms with Gasteiger partial charge in [0.25, 0.3) is 0 Å². The standard InChI is InChI=1S/C14H12BrCl2NO/c1-19-14-5-2-9(6-11(14)15)8-18-13-7-10(16)3-4-12(13)17/h2-7,18H,8H2,1H3. The van der Waals surface area contributed by atoms with Crippen LogP contribution in [0.5, 0.6) is 5.75 Å². The molecule has 0 bridgehead atoms. The number of ether oxygens (including phenoxy) is 1. The van der Waals surface area contributed by atoms with E-state index in [0.29, 0.717) is 16.6 Å². The Morgan fingerprint density at radius 1 is 1.16 bits per heavy atom.